The van der Waals surface area contributed by atoms with Gasteiger partial charge in [-0.1, -0.05) is 11.6 Å². The maximum Gasteiger partial charge on any atom is 0.341 e. The summed E-state index contributed by atoms with van der Waals surface area (Å²) in [7, 11) is 0. The van der Waals surface area contributed by atoms with Gasteiger partial charge in [-0.25, -0.2) is 9.59 Å². The normalized spacial score (nSPS) is 16.3. The van der Waals surface area contributed by atoms with E-state index in [1.807, 2.05) is 6.07 Å². The highest BCUT2D eigenvalue weighted by Gasteiger charge is 2.38. The Kier molecular flexibility index (Phi) is 6.94. The number of aliphatic carboxylic acids is 1. The quantitative estimate of drug-likeness (QED) is 0.605. The lowest BCUT2D eigenvalue weighted by atomic mass is 9.82. The van der Waals surface area contributed by atoms with E-state index in [0.717, 1.165) is 0 Å². The van der Waals surface area contributed by atoms with Gasteiger partial charge in [-0.15, -0.1) is 0 Å². The predicted molar refractivity (Wildman–Crippen MR) is 102 cm³/mol. The number of hydrogen-bond donors (Lipinski definition) is 2. The first-order valence-electron chi connectivity index (χ1n) is 8.00. The SMILES string of the molecule is CCOC(=O)C1=C(C)OC(N)=C(C#N)C1c1cc(Cl)cc(Br)c1OCC(=O)O. The number of nitrogens with two attached hydrogens (primary N) is 1. The second-order valence-electron chi connectivity index (χ2n) is 5.60. The van der Waals surface area contributed by atoms with E-state index in [-0.39, 0.29) is 45.7 Å². The molecule has 0 spiro atoms. The zero-order chi connectivity index (χ0) is 21.0. The zero-order valence-electron chi connectivity index (χ0n) is 14.9. The molecule has 1 unspecified atom stereocenters. The molecule has 0 saturated carbocycles. The molecule has 1 heterocycles. The fourth-order valence-electron chi connectivity index (χ4n) is 2.75. The molecule has 0 aliphatic carbocycles. The summed E-state index contributed by atoms with van der Waals surface area (Å²) in [5, 5.41) is 18.9. The third-order valence-electron chi connectivity index (χ3n) is 3.79. The van der Waals surface area contributed by atoms with Crippen molar-refractivity contribution >= 4 is 39.5 Å². The standard InChI is InChI=1S/C18H16BrClN2O6/c1-3-26-18(25)14-8(2)28-17(22)11(6-21)15(14)10-4-9(20)5-12(19)16(10)27-7-13(23)24/h4-5,15H,3,7,22H2,1-2H3,(H,23,24). The number of nitrogens with zero attached hydrogens (tertiary/aromatic N) is 1. The van der Waals surface area contributed by atoms with Gasteiger partial charge in [0, 0.05) is 10.6 Å². The molecule has 0 aromatic heterocycles. The molecule has 1 atom stereocenters. The van der Waals surface area contributed by atoms with E-state index >= 15 is 0 Å². The average Bonchev–Trinajstić information content (AvgIpc) is 2.59. The van der Waals surface area contributed by atoms with E-state index in [0.29, 0.717) is 4.47 Å². The number of nitriles is 1. The average molecular weight is 472 g/mol. The third kappa shape index (κ3) is 4.40. The fraction of sp³-hybridized carbons (Fsp3) is 0.278. The summed E-state index contributed by atoms with van der Waals surface area (Å²) in [6, 6.07) is 4.91. The number of allylic oxidation sites excluding steroid dienone is 2. The highest BCUT2D eigenvalue weighted by molar-refractivity contribution is 9.10. The van der Waals surface area contributed by atoms with Gasteiger partial charge in [0.2, 0.25) is 5.88 Å². The first-order valence-corrected chi connectivity index (χ1v) is 9.17. The molecule has 0 radical (unpaired) electrons. The second-order valence-corrected chi connectivity index (χ2v) is 6.89. The minimum absolute atomic E-state index is 0.0435. The lowest BCUT2D eigenvalue weighted by molar-refractivity contribution is -0.140. The van der Waals surface area contributed by atoms with Gasteiger partial charge in [0.1, 0.15) is 23.2 Å². The van der Waals surface area contributed by atoms with Gasteiger partial charge >= 0.3 is 11.9 Å². The summed E-state index contributed by atoms with van der Waals surface area (Å²) in [5.74, 6) is -2.85. The molecule has 1 aliphatic rings. The topological polar surface area (TPSA) is 132 Å². The molecule has 1 aliphatic heterocycles. The number of halogens is 2. The Morgan fingerprint density at radius 3 is 2.71 bits per heavy atom. The van der Waals surface area contributed by atoms with Gasteiger partial charge in [0.25, 0.3) is 0 Å². The molecule has 0 bridgehead atoms. The number of carbonyl (C=O) groups excluding carboxylic acids is 1. The Hall–Kier alpha value is -2.70. The molecule has 0 fully saturated rings. The van der Waals surface area contributed by atoms with E-state index in [1.54, 1.807) is 6.92 Å². The van der Waals surface area contributed by atoms with Gasteiger partial charge in [0.05, 0.1) is 22.6 Å². The number of ether oxygens (including phenoxy) is 3. The van der Waals surface area contributed by atoms with E-state index in [9.17, 15) is 14.9 Å². The summed E-state index contributed by atoms with van der Waals surface area (Å²) in [4.78, 5) is 23.6. The van der Waals surface area contributed by atoms with Crippen LogP contribution in [0.3, 0.4) is 0 Å². The summed E-state index contributed by atoms with van der Waals surface area (Å²) in [6.07, 6.45) is 0. The molecular formula is C18H16BrClN2O6. The van der Waals surface area contributed by atoms with Crippen LogP contribution in [-0.2, 0) is 19.1 Å². The van der Waals surface area contributed by atoms with Gasteiger partial charge in [0.15, 0.2) is 6.61 Å². The van der Waals surface area contributed by atoms with Crippen LogP contribution in [0.5, 0.6) is 5.75 Å². The van der Waals surface area contributed by atoms with Crippen LogP contribution in [0, 0.1) is 11.3 Å². The molecule has 28 heavy (non-hydrogen) atoms. The van der Waals surface area contributed by atoms with E-state index in [2.05, 4.69) is 15.9 Å². The summed E-state index contributed by atoms with van der Waals surface area (Å²) in [5.41, 5.74) is 6.12. The first-order chi connectivity index (χ1) is 13.2. The molecule has 148 valence electrons. The minimum Gasteiger partial charge on any atom is -0.480 e. The van der Waals surface area contributed by atoms with E-state index in [1.165, 1.54) is 19.1 Å². The van der Waals surface area contributed by atoms with Crippen molar-refractivity contribution in [2.45, 2.75) is 19.8 Å². The molecule has 1 aromatic carbocycles. The first kappa shape index (κ1) is 21.6. The van der Waals surface area contributed by atoms with E-state index < -0.39 is 24.5 Å². The molecule has 10 heteroatoms. The molecule has 2 rings (SSSR count). The van der Waals surface area contributed by atoms with Crippen molar-refractivity contribution in [3.05, 3.63) is 50.0 Å². The van der Waals surface area contributed by atoms with Crippen molar-refractivity contribution in [1.82, 2.24) is 0 Å². The third-order valence-corrected chi connectivity index (χ3v) is 4.60. The Labute approximate surface area is 174 Å². The van der Waals surface area contributed by atoms with Gasteiger partial charge in [-0.05, 0) is 41.9 Å². The number of rotatable bonds is 6. The maximum atomic E-state index is 12.6. The van der Waals surface area contributed by atoms with Crippen molar-refractivity contribution in [3.8, 4) is 11.8 Å². The maximum absolute atomic E-state index is 12.6. The molecule has 3 N–H and O–H groups in total. The highest BCUT2D eigenvalue weighted by Crippen LogP contribution is 2.46. The van der Waals surface area contributed by atoms with Crippen LogP contribution < -0.4 is 10.5 Å². The number of hydrogen-bond acceptors (Lipinski definition) is 7. The van der Waals surface area contributed by atoms with Crippen molar-refractivity contribution in [2.24, 2.45) is 5.73 Å². The van der Waals surface area contributed by atoms with Crippen LogP contribution in [0.15, 0.2) is 39.4 Å². The number of carbonyl (C=O) groups is 2. The Bertz CT molecular complexity index is 935. The van der Waals surface area contributed by atoms with Crippen molar-refractivity contribution in [1.29, 1.82) is 5.26 Å². The van der Waals surface area contributed by atoms with Crippen LogP contribution in [0.4, 0.5) is 0 Å². The summed E-state index contributed by atoms with van der Waals surface area (Å²) >= 11 is 9.44. The Morgan fingerprint density at radius 2 is 2.14 bits per heavy atom. The number of carboxylic acids is 1. The van der Waals surface area contributed by atoms with Crippen LogP contribution >= 0.6 is 27.5 Å². The van der Waals surface area contributed by atoms with E-state index in [4.69, 9.17) is 36.7 Å². The minimum atomic E-state index is -1.20. The summed E-state index contributed by atoms with van der Waals surface area (Å²) < 4.78 is 16.2. The van der Waals surface area contributed by atoms with Gasteiger partial charge in [-0.3, -0.25) is 0 Å². The molecule has 1 aromatic rings. The smallest absolute Gasteiger partial charge is 0.341 e. The fourth-order valence-corrected chi connectivity index (χ4v) is 3.70. The van der Waals surface area contributed by atoms with Crippen LogP contribution in [0.1, 0.15) is 25.3 Å². The number of carboxylic acid groups (broad SMARTS) is 1. The molecular weight excluding hydrogens is 456 g/mol. The van der Waals surface area contributed by atoms with Crippen LogP contribution in [0.25, 0.3) is 0 Å². The number of esters is 1. The molecule has 8 nitrogen and oxygen atoms in total. The lowest BCUT2D eigenvalue weighted by Gasteiger charge is -2.28. The summed E-state index contributed by atoms with van der Waals surface area (Å²) in [6.45, 7) is 2.61. The van der Waals surface area contributed by atoms with Crippen LogP contribution in [-0.4, -0.2) is 30.3 Å². The Morgan fingerprint density at radius 1 is 1.46 bits per heavy atom. The van der Waals surface area contributed by atoms with Crippen molar-refractivity contribution in [2.75, 3.05) is 13.2 Å². The van der Waals surface area contributed by atoms with Crippen molar-refractivity contribution < 1.29 is 28.9 Å². The highest BCUT2D eigenvalue weighted by atomic mass is 79.9. The van der Waals surface area contributed by atoms with Crippen molar-refractivity contribution in [3.63, 3.8) is 0 Å². The Balaban J connectivity index is 2.75. The largest absolute Gasteiger partial charge is 0.480 e. The lowest BCUT2D eigenvalue weighted by Crippen LogP contribution is -2.26. The second kappa shape index (κ2) is 8.99. The molecule has 0 amide bonds. The number of benzene rings is 1. The molecule has 0 saturated heterocycles. The zero-order valence-corrected chi connectivity index (χ0v) is 17.3. The van der Waals surface area contributed by atoms with Crippen LogP contribution in [0.2, 0.25) is 5.02 Å². The predicted octanol–water partition coefficient (Wildman–Crippen LogP) is 3.21. The monoisotopic (exact) mass is 470 g/mol. The van der Waals surface area contributed by atoms with Gasteiger partial charge < -0.3 is 25.1 Å². The van der Waals surface area contributed by atoms with Gasteiger partial charge in [-0.2, -0.15) is 5.26 Å².